The van der Waals surface area contributed by atoms with Gasteiger partial charge in [0, 0.05) is 24.5 Å². The van der Waals surface area contributed by atoms with Crippen LogP contribution in [0.4, 0.5) is 11.4 Å². The molecule has 1 aliphatic heterocycles. The van der Waals surface area contributed by atoms with Crippen LogP contribution in [0.3, 0.4) is 0 Å². The van der Waals surface area contributed by atoms with Crippen LogP contribution in [-0.2, 0) is 4.74 Å². The van der Waals surface area contributed by atoms with E-state index in [1.54, 1.807) is 0 Å². The van der Waals surface area contributed by atoms with Crippen LogP contribution in [0, 0.1) is 6.92 Å². The molecule has 1 heterocycles. The van der Waals surface area contributed by atoms with Crippen molar-refractivity contribution in [2.45, 2.75) is 19.8 Å². The minimum atomic E-state index is -0.369. The summed E-state index contributed by atoms with van der Waals surface area (Å²) in [6.07, 6.45) is 2.41. The Morgan fingerprint density at radius 2 is 2.00 bits per heavy atom. The molecule has 1 aromatic rings. The van der Waals surface area contributed by atoms with Gasteiger partial charge in [0.05, 0.1) is 12.7 Å². The molecule has 0 amide bonds. The molecule has 0 spiro atoms. The van der Waals surface area contributed by atoms with E-state index < -0.39 is 0 Å². The van der Waals surface area contributed by atoms with E-state index in [2.05, 4.69) is 4.90 Å². The monoisotopic (exact) mass is 234 g/mol. The molecule has 4 heteroatoms. The fourth-order valence-corrected chi connectivity index (χ4v) is 2.22. The number of nitrogens with two attached hydrogens (primary N) is 1. The van der Waals surface area contributed by atoms with Crippen molar-refractivity contribution in [3.8, 4) is 0 Å². The summed E-state index contributed by atoms with van der Waals surface area (Å²) in [6, 6.07) is 3.87. The summed E-state index contributed by atoms with van der Waals surface area (Å²) in [5, 5.41) is 0. The van der Waals surface area contributed by atoms with Gasteiger partial charge in [-0.25, -0.2) is 4.79 Å². The number of methoxy groups -OCH3 is 1. The molecule has 0 aromatic heterocycles. The number of aryl methyl sites for hydroxylation is 1. The maximum atomic E-state index is 11.6. The predicted octanol–water partition coefficient (Wildman–Crippen LogP) is 1.96. The van der Waals surface area contributed by atoms with Gasteiger partial charge in [-0.15, -0.1) is 0 Å². The highest BCUT2D eigenvalue weighted by Gasteiger charge is 2.18. The maximum absolute atomic E-state index is 11.6. The van der Waals surface area contributed by atoms with E-state index in [4.69, 9.17) is 10.5 Å². The van der Waals surface area contributed by atoms with Crippen molar-refractivity contribution >= 4 is 17.3 Å². The van der Waals surface area contributed by atoms with Gasteiger partial charge in [0.1, 0.15) is 0 Å². The van der Waals surface area contributed by atoms with Gasteiger partial charge in [0.25, 0.3) is 0 Å². The SMILES string of the molecule is COC(=O)c1cc(N2CCCC2)cc(C)c1N. The number of carbonyl (C=O) groups excluding carboxylic acids is 1. The molecule has 4 nitrogen and oxygen atoms in total. The summed E-state index contributed by atoms with van der Waals surface area (Å²) in [7, 11) is 1.37. The highest BCUT2D eigenvalue weighted by Crippen LogP contribution is 2.28. The molecule has 1 aliphatic rings. The Morgan fingerprint density at radius 1 is 1.35 bits per heavy atom. The van der Waals surface area contributed by atoms with Crippen LogP contribution in [0.1, 0.15) is 28.8 Å². The smallest absolute Gasteiger partial charge is 0.340 e. The van der Waals surface area contributed by atoms with Crippen molar-refractivity contribution in [2.75, 3.05) is 30.8 Å². The largest absolute Gasteiger partial charge is 0.465 e. The Labute approximate surface area is 101 Å². The molecule has 0 aliphatic carbocycles. The molecule has 2 N–H and O–H groups in total. The molecule has 0 unspecified atom stereocenters. The first kappa shape index (κ1) is 11.8. The second-order valence-corrected chi connectivity index (χ2v) is 4.41. The topological polar surface area (TPSA) is 55.6 Å². The first-order valence-corrected chi connectivity index (χ1v) is 5.87. The zero-order chi connectivity index (χ0) is 12.4. The quantitative estimate of drug-likeness (QED) is 0.628. The third kappa shape index (κ3) is 2.20. The van der Waals surface area contributed by atoms with Crippen molar-refractivity contribution < 1.29 is 9.53 Å². The van der Waals surface area contributed by atoms with E-state index in [9.17, 15) is 4.79 Å². The summed E-state index contributed by atoms with van der Waals surface area (Å²) in [6.45, 7) is 4.01. The number of esters is 1. The van der Waals surface area contributed by atoms with E-state index in [1.165, 1.54) is 20.0 Å². The number of nitrogens with zero attached hydrogens (tertiary/aromatic N) is 1. The Morgan fingerprint density at radius 3 is 2.59 bits per heavy atom. The molecule has 17 heavy (non-hydrogen) atoms. The number of ether oxygens (including phenoxy) is 1. The van der Waals surface area contributed by atoms with E-state index >= 15 is 0 Å². The lowest BCUT2D eigenvalue weighted by Gasteiger charge is -2.20. The summed E-state index contributed by atoms with van der Waals surface area (Å²) < 4.78 is 4.75. The summed E-state index contributed by atoms with van der Waals surface area (Å²) in [4.78, 5) is 13.9. The number of carbonyl (C=O) groups is 1. The van der Waals surface area contributed by atoms with Gasteiger partial charge in [-0.05, 0) is 37.5 Å². The highest BCUT2D eigenvalue weighted by atomic mass is 16.5. The average Bonchev–Trinajstić information content (AvgIpc) is 2.85. The zero-order valence-corrected chi connectivity index (χ0v) is 10.3. The lowest BCUT2D eigenvalue weighted by molar-refractivity contribution is 0.0602. The molecule has 0 saturated carbocycles. The predicted molar refractivity (Wildman–Crippen MR) is 68.4 cm³/mol. The molecule has 0 atom stereocenters. The van der Waals surface area contributed by atoms with Crippen LogP contribution in [0.2, 0.25) is 0 Å². The lowest BCUT2D eigenvalue weighted by Crippen LogP contribution is -2.19. The van der Waals surface area contributed by atoms with Crippen molar-refractivity contribution in [1.29, 1.82) is 0 Å². The first-order chi connectivity index (χ1) is 8.13. The Bertz CT molecular complexity index is 437. The number of benzene rings is 1. The van der Waals surface area contributed by atoms with Crippen LogP contribution in [0.5, 0.6) is 0 Å². The Balaban J connectivity index is 2.41. The van der Waals surface area contributed by atoms with Gasteiger partial charge in [-0.2, -0.15) is 0 Å². The molecule has 0 radical (unpaired) electrons. The first-order valence-electron chi connectivity index (χ1n) is 5.87. The second-order valence-electron chi connectivity index (χ2n) is 4.41. The molecular weight excluding hydrogens is 216 g/mol. The number of hydrogen-bond donors (Lipinski definition) is 1. The van der Waals surface area contributed by atoms with Crippen molar-refractivity contribution in [2.24, 2.45) is 0 Å². The summed E-state index contributed by atoms with van der Waals surface area (Å²) >= 11 is 0. The van der Waals surface area contributed by atoms with Crippen LogP contribution in [-0.4, -0.2) is 26.2 Å². The molecule has 1 fully saturated rings. The number of hydrogen-bond acceptors (Lipinski definition) is 4. The van der Waals surface area contributed by atoms with Crippen LogP contribution in [0.25, 0.3) is 0 Å². The summed E-state index contributed by atoms with van der Waals surface area (Å²) in [5.41, 5.74) is 8.88. The van der Waals surface area contributed by atoms with E-state index in [0.29, 0.717) is 11.3 Å². The molecule has 2 rings (SSSR count). The van der Waals surface area contributed by atoms with E-state index in [0.717, 1.165) is 24.3 Å². The molecular formula is C13H18N2O2. The van der Waals surface area contributed by atoms with Crippen LogP contribution in [0.15, 0.2) is 12.1 Å². The summed E-state index contributed by atoms with van der Waals surface area (Å²) in [5.74, 6) is -0.369. The van der Waals surface area contributed by atoms with E-state index in [1.807, 2.05) is 19.1 Å². The number of anilines is 2. The molecule has 92 valence electrons. The highest BCUT2D eigenvalue weighted by molar-refractivity contribution is 5.97. The second kappa shape index (κ2) is 4.65. The standard InChI is InChI=1S/C13H18N2O2/c1-9-7-10(15-5-3-4-6-15)8-11(12(9)14)13(16)17-2/h7-8H,3-6,14H2,1-2H3. The van der Waals surface area contributed by atoms with Crippen LogP contribution < -0.4 is 10.6 Å². The minimum absolute atomic E-state index is 0.369. The average molecular weight is 234 g/mol. The third-order valence-electron chi connectivity index (χ3n) is 3.25. The molecule has 1 saturated heterocycles. The van der Waals surface area contributed by atoms with Gasteiger partial charge in [0.15, 0.2) is 0 Å². The van der Waals surface area contributed by atoms with Crippen molar-refractivity contribution in [3.63, 3.8) is 0 Å². The zero-order valence-electron chi connectivity index (χ0n) is 10.3. The fraction of sp³-hybridized carbons (Fsp3) is 0.462. The molecule has 1 aromatic carbocycles. The third-order valence-corrected chi connectivity index (χ3v) is 3.25. The van der Waals surface area contributed by atoms with Crippen molar-refractivity contribution in [1.82, 2.24) is 0 Å². The van der Waals surface area contributed by atoms with Gasteiger partial charge >= 0.3 is 5.97 Å². The van der Waals surface area contributed by atoms with Gasteiger partial charge < -0.3 is 15.4 Å². The Kier molecular flexibility index (Phi) is 3.22. The van der Waals surface area contributed by atoms with Gasteiger partial charge in [-0.1, -0.05) is 0 Å². The number of nitrogen functional groups attached to an aromatic ring is 1. The molecule has 0 bridgehead atoms. The Hall–Kier alpha value is -1.71. The van der Waals surface area contributed by atoms with Gasteiger partial charge in [0.2, 0.25) is 0 Å². The van der Waals surface area contributed by atoms with Crippen molar-refractivity contribution in [3.05, 3.63) is 23.3 Å². The lowest BCUT2D eigenvalue weighted by atomic mass is 10.1. The normalized spacial score (nSPS) is 15.1. The number of rotatable bonds is 2. The van der Waals surface area contributed by atoms with Crippen LogP contribution >= 0.6 is 0 Å². The fourth-order valence-electron chi connectivity index (χ4n) is 2.22. The van der Waals surface area contributed by atoms with E-state index in [-0.39, 0.29) is 5.97 Å². The maximum Gasteiger partial charge on any atom is 0.340 e. The van der Waals surface area contributed by atoms with Gasteiger partial charge in [-0.3, -0.25) is 0 Å². The minimum Gasteiger partial charge on any atom is -0.465 e.